The third kappa shape index (κ3) is 4.77. The highest BCUT2D eigenvalue weighted by Gasteiger charge is 1.94. The number of hydrogen-bond acceptors (Lipinski definition) is 2. The summed E-state index contributed by atoms with van der Waals surface area (Å²) in [6.45, 7) is 0.317. The van der Waals surface area contributed by atoms with Gasteiger partial charge in [0.15, 0.2) is 0 Å². The second kappa shape index (κ2) is 5.85. The Hall–Kier alpha value is -0.710. The largest absolute Gasteiger partial charge is 0.301 e. The molecule has 0 heterocycles. The number of benzene rings is 1. The highest BCUT2D eigenvalue weighted by atomic mass is 32.2. The zero-order valence-corrected chi connectivity index (χ0v) is 8.00. The molecule has 72 valence electrons. The summed E-state index contributed by atoms with van der Waals surface area (Å²) in [6.07, 6.45) is 1.63. The molecule has 0 aliphatic carbocycles. The summed E-state index contributed by atoms with van der Waals surface area (Å²) in [7, 11) is 0. The predicted octanol–water partition coefficient (Wildman–Crippen LogP) is 1.77. The maximum absolute atomic E-state index is 10.1. The summed E-state index contributed by atoms with van der Waals surface area (Å²) < 4.78 is 22.9. The lowest BCUT2D eigenvalue weighted by Crippen LogP contribution is -1.98. The third-order valence-electron chi connectivity index (χ3n) is 1.64. The van der Waals surface area contributed by atoms with Crippen LogP contribution in [0.5, 0.6) is 0 Å². The van der Waals surface area contributed by atoms with Crippen LogP contribution >= 0.6 is 0 Å². The van der Waals surface area contributed by atoms with Crippen LogP contribution in [-0.2, 0) is 22.0 Å². The van der Waals surface area contributed by atoms with E-state index in [-0.39, 0.29) is 0 Å². The van der Waals surface area contributed by atoms with E-state index >= 15 is 0 Å². The molecule has 1 atom stereocenters. The maximum atomic E-state index is 10.1. The van der Waals surface area contributed by atoms with E-state index in [1.807, 2.05) is 30.3 Å². The molecule has 0 bridgehead atoms. The van der Waals surface area contributed by atoms with Gasteiger partial charge in [0.05, 0.1) is 6.61 Å². The van der Waals surface area contributed by atoms with Gasteiger partial charge in [-0.25, -0.2) is 0 Å². The van der Waals surface area contributed by atoms with Gasteiger partial charge in [0.1, 0.15) is 0 Å². The van der Waals surface area contributed by atoms with Gasteiger partial charge in [0.25, 0.3) is 0 Å². The van der Waals surface area contributed by atoms with E-state index in [9.17, 15) is 4.21 Å². The monoisotopic (exact) mass is 200 g/mol. The standard InChI is InChI=1S/C9H12O3S/c10-13(11)12-8-4-7-9-5-2-1-3-6-9/h1-3,5-6H,4,7-8H2,(H,10,11). The van der Waals surface area contributed by atoms with Gasteiger partial charge in [-0.15, -0.1) is 0 Å². The smallest absolute Gasteiger partial charge is 0.284 e. The summed E-state index contributed by atoms with van der Waals surface area (Å²) in [5.74, 6) is 0. The highest BCUT2D eigenvalue weighted by Crippen LogP contribution is 2.02. The Morgan fingerprint density at radius 3 is 2.62 bits per heavy atom. The summed E-state index contributed by atoms with van der Waals surface area (Å²) in [6, 6.07) is 9.95. The predicted molar refractivity (Wildman–Crippen MR) is 51.5 cm³/mol. The van der Waals surface area contributed by atoms with E-state index in [1.165, 1.54) is 5.56 Å². The van der Waals surface area contributed by atoms with E-state index < -0.39 is 11.4 Å². The molecule has 0 saturated carbocycles. The summed E-state index contributed by atoms with van der Waals surface area (Å²) in [5.41, 5.74) is 1.22. The van der Waals surface area contributed by atoms with Crippen molar-refractivity contribution >= 4 is 11.4 Å². The lowest BCUT2D eigenvalue weighted by Gasteiger charge is -1.99. The van der Waals surface area contributed by atoms with Crippen molar-refractivity contribution in [2.75, 3.05) is 6.61 Å². The van der Waals surface area contributed by atoms with Crippen LogP contribution in [0.2, 0.25) is 0 Å². The molecule has 0 aliphatic heterocycles. The van der Waals surface area contributed by atoms with E-state index in [4.69, 9.17) is 4.55 Å². The second-order valence-corrected chi connectivity index (χ2v) is 3.30. The fourth-order valence-corrected chi connectivity index (χ4v) is 1.31. The van der Waals surface area contributed by atoms with Crippen molar-refractivity contribution in [1.82, 2.24) is 0 Å². The molecular formula is C9H12O3S. The van der Waals surface area contributed by atoms with Crippen LogP contribution in [0.3, 0.4) is 0 Å². The summed E-state index contributed by atoms with van der Waals surface area (Å²) >= 11 is -2.12. The molecule has 13 heavy (non-hydrogen) atoms. The van der Waals surface area contributed by atoms with Gasteiger partial charge in [-0.05, 0) is 18.4 Å². The van der Waals surface area contributed by atoms with Crippen LogP contribution in [0.4, 0.5) is 0 Å². The molecule has 0 aliphatic rings. The first-order valence-corrected chi connectivity index (χ1v) is 5.10. The van der Waals surface area contributed by atoms with Gasteiger partial charge < -0.3 is 0 Å². The number of rotatable bonds is 5. The Bertz CT molecular complexity index is 261. The molecule has 1 aromatic carbocycles. The van der Waals surface area contributed by atoms with Crippen LogP contribution in [-0.4, -0.2) is 15.4 Å². The average molecular weight is 200 g/mol. The second-order valence-electron chi connectivity index (χ2n) is 2.63. The summed E-state index contributed by atoms with van der Waals surface area (Å²) in [5, 5.41) is 0. The zero-order chi connectivity index (χ0) is 9.52. The Morgan fingerprint density at radius 1 is 1.31 bits per heavy atom. The molecule has 0 fully saturated rings. The molecule has 0 aromatic heterocycles. The van der Waals surface area contributed by atoms with Crippen LogP contribution in [0.25, 0.3) is 0 Å². The van der Waals surface area contributed by atoms with Gasteiger partial charge in [0, 0.05) is 0 Å². The van der Waals surface area contributed by atoms with Crippen molar-refractivity contribution in [1.29, 1.82) is 0 Å². The fourth-order valence-electron chi connectivity index (χ4n) is 1.05. The lowest BCUT2D eigenvalue weighted by molar-refractivity contribution is 0.301. The van der Waals surface area contributed by atoms with Crippen molar-refractivity contribution in [2.24, 2.45) is 0 Å². The molecule has 0 spiro atoms. The zero-order valence-electron chi connectivity index (χ0n) is 7.18. The minimum Gasteiger partial charge on any atom is -0.284 e. The lowest BCUT2D eigenvalue weighted by atomic mass is 10.1. The first kappa shape index (κ1) is 10.4. The van der Waals surface area contributed by atoms with Crippen LogP contribution in [0, 0.1) is 0 Å². The van der Waals surface area contributed by atoms with Crippen LogP contribution in [0.1, 0.15) is 12.0 Å². The quantitative estimate of drug-likeness (QED) is 0.582. The van der Waals surface area contributed by atoms with Crippen molar-refractivity contribution in [3.8, 4) is 0 Å². The van der Waals surface area contributed by atoms with Gasteiger partial charge in [-0.1, -0.05) is 30.3 Å². The Morgan fingerprint density at radius 2 is 2.00 bits per heavy atom. The fraction of sp³-hybridized carbons (Fsp3) is 0.333. The topological polar surface area (TPSA) is 46.5 Å². The minimum absolute atomic E-state index is 0.317. The number of hydrogen-bond donors (Lipinski definition) is 1. The van der Waals surface area contributed by atoms with Crippen molar-refractivity contribution in [3.05, 3.63) is 35.9 Å². The van der Waals surface area contributed by atoms with E-state index in [1.54, 1.807) is 0 Å². The van der Waals surface area contributed by atoms with E-state index in [2.05, 4.69) is 4.18 Å². The first-order valence-electron chi connectivity index (χ1n) is 4.07. The Labute approximate surface area is 80.2 Å². The Balaban J connectivity index is 2.17. The molecule has 1 N–H and O–H groups in total. The minimum atomic E-state index is -2.12. The normalized spacial score (nSPS) is 12.7. The molecule has 1 unspecified atom stereocenters. The molecule has 0 amide bonds. The van der Waals surface area contributed by atoms with Crippen molar-refractivity contribution in [2.45, 2.75) is 12.8 Å². The maximum Gasteiger partial charge on any atom is 0.301 e. The summed E-state index contributed by atoms with van der Waals surface area (Å²) in [4.78, 5) is 0. The third-order valence-corrected chi connectivity index (χ3v) is 2.01. The first-order chi connectivity index (χ1) is 6.29. The molecule has 1 rings (SSSR count). The van der Waals surface area contributed by atoms with Crippen LogP contribution in [0.15, 0.2) is 30.3 Å². The average Bonchev–Trinajstić information content (AvgIpc) is 2.14. The van der Waals surface area contributed by atoms with Gasteiger partial charge in [-0.2, -0.15) is 4.21 Å². The number of aryl methyl sites for hydroxylation is 1. The van der Waals surface area contributed by atoms with E-state index in [0.717, 1.165) is 12.8 Å². The molecular weight excluding hydrogens is 188 g/mol. The molecule has 3 nitrogen and oxygen atoms in total. The Kier molecular flexibility index (Phi) is 4.67. The van der Waals surface area contributed by atoms with Gasteiger partial charge in [0.2, 0.25) is 0 Å². The van der Waals surface area contributed by atoms with Crippen molar-refractivity contribution < 1.29 is 12.9 Å². The molecule has 0 radical (unpaired) electrons. The van der Waals surface area contributed by atoms with Gasteiger partial charge in [-0.3, -0.25) is 8.74 Å². The van der Waals surface area contributed by atoms with Crippen LogP contribution < -0.4 is 0 Å². The van der Waals surface area contributed by atoms with E-state index in [0.29, 0.717) is 6.61 Å². The SMILES string of the molecule is O=S(O)OCCCc1ccccc1. The molecule has 1 aromatic rings. The van der Waals surface area contributed by atoms with Crippen molar-refractivity contribution in [3.63, 3.8) is 0 Å². The molecule has 4 heteroatoms. The highest BCUT2D eigenvalue weighted by molar-refractivity contribution is 7.74. The molecule has 0 saturated heterocycles. The van der Waals surface area contributed by atoms with Gasteiger partial charge >= 0.3 is 11.4 Å².